The summed E-state index contributed by atoms with van der Waals surface area (Å²) in [6.07, 6.45) is 0.505. The molecule has 0 aliphatic carbocycles. The van der Waals surface area contributed by atoms with Gasteiger partial charge in [0.25, 0.3) is 0 Å². The smallest absolute Gasteiger partial charge is 0.321 e. The number of amides is 2. The Hall–Kier alpha value is -2.24. The van der Waals surface area contributed by atoms with Gasteiger partial charge in [-0.3, -0.25) is 10.7 Å². The van der Waals surface area contributed by atoms with E-state index < -0.39 is 5.54 Å². The van der Waals surface area contributed by atoms with Crippen molar-refractivity contribution in [3.63, 3.8) is 0 Å². The van der Waals surface area contributed by atoms with Crippen molar-refractivity contribution in [2.45, 2.75) is 18.9 Å². The number of amidine groups is 1. The van der Waals surface area contributed by atoms with Gasteiger partial charge in [0.1, 0.15) is 11.4 Å². The fourth-order valence-corrected chi connectivity index (χ4v) is 2.13. The largest absolute Gasteiger partial charge is 0.493 e. The number of urea groups is 1. The van der Waals surface area contributed by atoms with Crippen LogP contribution in [0, 0.1) is 5.41 Å². The van der Waals surface area contributed by atoms with Crippen LogP contribution in [0.2, 0.25) is 0 Å². The summed E-state index contributed by atoms with van der Waals surface area (Å²) >= 11 is 0. The van der Waals surface area contributed by atoms with E-state index in [0.717, 1.165) is 5.56 Å². The second-order valence-corrected chi connectivity index (χ2v) is 4.65. The molecule has 19 heavy (non-hydrogen) atoms. The number of rotatable bonds is 4. The summed E-state index contributed by atoms with van der Waals surface area (Å²) in [5.41, 5.74) is 0.241. The van der Waals surface area contributed by atoms with E-state index >= 15 is 0 Å². The topological polar surface area (TPSA) is 83.4 Å². The zero-order valence-corrected chi connectivity index (χ0v) is 11.2. The molecule has 0 spiro atoms. The minimum atomic E-state index is -0.712. The molecule has 1 saturated heterocycles. The van der Waals surface area contributed by atoms with Crippen molar-refractivity contribution >= 4 is 11.9 Å². The molecule has 1 fully saturated rings. The molecule has 2 rings (SSSR count). The summed E-state index contributed by atoms with van der Waals surface area (Å²) in [6.45, 7) is 1.81. The molecule has 1 unspecified atom stereocenters. The first-order valence-electron chi connectivity index (χ1n) is 5.87. The quantitative estimate of drug-likeness (QED) is 0.765. The van der Waals surface area contributed by atoms with Crippen molar-refractivity contribution < 1.29 is 14.3 Å². The monoisotopic (exact) mass is 263 g/mol. The highest BCUT2D eigenvalue weighted by Crippen LogP contribution is 2.29. The molecule has 1 aliphatic heterocycles. The molecule has 2 amide bonds. The van der Waals surface area contributed by atoms with Crippen molar-refractivity contribution in [2.75, 3.05) is 14.2 Å². The van der Waals surface area contributed by atoms with Gasteiger partial charge in [-0.1, -0.05) is 6.07 Å². The molecule has 1 atom stereocenters. The van der Waals surface area contributed by atoms with Gasteiger partial charge in [0.2, 0.25) is 0 Å². The highest BCUT2D eigenvalue weighted by atomic mass is 16.5. The standard InChI is InChI=1S/C13H17N3O3/c1-13(11(14)15-12(17)16-13)7-8-4-5-9(18-2)10(6-8)19-3/h4-6H,7H2,1-3H3,(H3,14,15,16,17). The molecule has 1 aromatic rings. The normalized spacial score (nSPS) is 21.8. The van der Waals surface area contributed by atoms with Crippen LogP contribution in [0.5, 0.6) is 11.5 Å². The first kappa shape index (κ1) is 13.2. The molecule has 0 radical (unpaired) electrons. The molecular formula is C13H17N3O3. The Morgan fingerprint density at radius 2 is 1.95 bits per heavy atom. The number of carbonyl (C=O) groups excluding carboxylic acids is 1. The van der Waals surface area contributed by atoms with Gasteiger partial charge in [0.05, 0.1) is 14.2 Å². The van der Waals surface area contributed by atoms with Gasteiger partial charge < -0.3 is 14.8 Å². The van der Waals surface area contributed by atoms with Gasteiger partial charge in [-0.25, -0.2) is 4.79 Å². The second-order valence-electron chi connectivity index (χ2n) is 4.65. The van der Waals surface area contributed by atoms with E-state index in [9.17, 15) is 4.79 Å². The summed E-state index contributed by atoms with van der Waals surface area (Å²) < 4.78 is 10.4. The third-order valence-electron chi connectivity index (χ3n) is 3.19. The van der Waals surface area contributed by atoms with Crippen molar-refractivity contribution in [1.82, 2.24) is 10.6 Å². The molecule has 6 nitrogen and oxygen atoms in total. The van der Waals surface area contributed by atoms with E-state index in [1.807, 2.05) is 25.1 Å². The third kappa shape index (κ3) is 2.47. The van der Waals surface area contributed by atoms with Crippen LogP contribution in [0.25, 0.3) is 0 Å². The number of hydrogen-bond donors (Lipinski definition) is 3. The molecule has 1 aromatic carbocycles. The lowest BCUT2D eigenvalue weighted by Crippen LogP contribution is -2.45. The molecular weight excluding hydrogens is 246 g/mol. The lowest BCUT2D eigenvalue weighted by molar-refractivity contribution is 0.245. The molecule has 3 N–H and O–H groups in total. The predicted molar refractivity (Wildman–Crippen MR) is 71.0 cm³/mol. The Kier molecular flexibility index (Phi) is 3.33. The molecule has 102 valence electrons. The Morgan fingerprint density at radius 1 is 1.26 bits per heavy atom. The van der Waals surface area contributed by atoms with Gasteiger partial charge in [-0.2, -0.15) is 0 Å². The van der Waals surface area contributed by atoms with E-state index in [-0.39, 0.29) is 11.9 Å². The zero-order valence-electron chi connectivity index (χ0n) is 11.2. The number of carbonyl (C=O) groups is 1. The highest BCUT2D eigenvalue weighted by molar-refractivity contribution is 6.08. The van der Waals surface area contributed by atoms with E-state index in [0.29, 0.717) is 17.9 Å². The van der Waals surface area contributed by atoms with Gasteiger partial charge in [0, 0.05) is 6.42 Å². The molecule has 0 bridgehead atoms. The van der Waals surface area contributed by atoms with E-state index in [1.165, 1.54) is 0 Å². The maximum absolute atomic E-state index is 11.3. The highest BCUT2D eigenvalue weighted by Gasteiger charge is 2.38. The van der Waals surface area contributed by atoms with Crippen LogP contribution in [0.3, 0.4) is 0 Å². The number of nitrogens with one attached hydrogen (secondary N) is 3. The fraction of sp³-hybridized carbons (Fsp3) is 0.385. The molecule has 0 aromatic heterocycles. The van der Waals surface area contributed by atoms with Crippen molar-refractivity contribution in [3.05, 3.63) is 23.8 Å². The number of methoxy groups -OCH3 is 2. The summed E-state index contributed by atoms with van der Waals surface area (Å²) in [7, 11) is 3.15. The average molecular weight is 263 g/mol. The summed E-state index contributed by atoms with van der Waals surface area (Å²) in [5, 5.41) is 13.0. The van der Waals surface area contributed by atoms with Gasteiger partial charge in [-0.05, 0) is 24.6 Å². The second kappa shape index (κ2) is 4.79. The molecule has 0 saturated carbocycles. The van der Waals surface area contributed by atoms with E-state index in [4.69, 9.17) is 14.9 Å². The van der Waals surface area contributed by atoms with Crippen LogP contribution in [-0.4, -0.2) is 31.6 Å². The summed E-state index contributed by atoms with van der Waals surface area (Å²) in [4.78, 5) is 11.3. The van der Waals surface area contributed by atoms with Gasteiger partial charge >= 0.3 is 6.03 Å². The maximum Gasteiger partial charge on any atom is 0.321 e. The SMILES string of the molecule is COc1ccc(CC2(C)NC(=O)NC2=N)cc1OC. The minimum absolute atomic E-state index is 0.173. The number of hydrogen-bond acceptors (Lipinski definition) is 4. The maximum atomic E-state index is 11.3. The summed E-state index contributed by atoms with van der Waals surface area (Å²) in [6, 6.07) is 5.21. The fourth-order valence-electron chi connectivity index (χ4n) is 2.13. The minimum Gasteiger partial charge on any atom is -0.493 e. The molecule has 1 aliphatic rings. The van der Waals surface area contributed by atoms with Crippen molar-refractivity contribution in [2.24, 2.45) is 0 Å². The molecule has 6 heteroatoms. The Balaban J connectivity index is 2.24. The number of benzene rings is 1. The Morgan fingerprint density at radius 3 is 2.47 bits per heavy atom. The third-order valence-corrected chi connectivity index (χ3v) is 3.19. The van der Waals surface area contributed by atoms with E-state index in [2.05, 4.69) is 10.6 Å². The van der Waals surface area contributed by atoms with Crippen LogP contribution >= 0.6 is 0 Å². The first-order valence-corrected chi connectivity index (χ1v) is 5.87. The van der Waals surface area contributed by atoms with Crippen LogP contribution in [0.4, 0.5) is 4.79 Å². The number of ether oxygens (including phenoxy) is 2. The van der Waals surface area contributed by atoms with Crippen LogP contribution in [0.15, 0.2) is 18.2 Å². The van der Waals surface area contributed by atoms with Crippen molar-refractivity contribution in [3.8, 4) is 11.5 Å². The van der Waals surface area contributed by atoms with Crippen LogP contribution in [0.1, 0.15) is 12.5 Å². The van der Waals surface area contributed by atoms with Crippen molar-refractivity contribution in [1.29, 1.82) is 5.41 Å². The van der Waals surface area contributed by atoms with Crippen LogP contribution in [-0.2, 0) is 6.42 Å². The lowest BCUT2D eigenvalue weighted by atomic mass is 9.92. The molecule has 1 heterocycles. The van der Waals surface area contributed by atoms with Crippen LogP contribution < -0.4 is 20.1 Å². The Labute approximate surface area is 111 Å². The van der Waals surface area contributed by atoms with E-state index in [1.54, 1.807) is 14.2 Å². The summed E-state index contributed by atoms with van der Waals surface area (Å²) in [5.74, 6) is 1.46. The zero-order chi connectivity index (χ0) is 14.0. The average Bonchev–Trinajstić information content (AvgIpc) is 2.62. The Bertz CT molecular complexity index is 530. The first-order chi connectivity index (χ1) is 8.98. The lowest BCUT2D eigenvalue weighted by Gasteiger charge is -2.23. The van der Waals surface area contributed by atoms with Gasteiger partial charge in [-0.15, -0.1) is 0 Å². The van der Waals surface area contributed by atoms with Gasteiger partial charge in [0.15, 0.2) is 11.5 Å². The predicted octanol–water partition coefficient (Wildman–Crippen LogP) is 1.30.